The summed E-state index contributed by atoms with van der Waals surface area (Å²) in [4.78, 5) is 0. The van der Waals surface area contributed by atoms with Crippen molar-refractivity contribution in [2.45, 2.75) is 13.3 Å². The standard InChI is InChI=1S/C10H19N5O/c1-3-8-9(11)10(14(2)12-8)13-15-4-6-16-7-5-15/h13H,3-7,11H2,1-2H3. The van der Waals surface area contributed by atoms with Gasteiger partial charge in [-0.05, 0) is 6.42 Å². The number of anilines is 2. The zero-order valence-electron chi connectivity index (χ0n) is 9.86. The van der Waals surface area contributed by atoms with Gasteiger partial charge in [-0.15, -0.1) is 0 Å². The number of hydrogen-bond donors (Lipinski definition) is 2. The van der Waals surface area contributed by atoms with Gasteiger partial charge in [-0.3, -0.25) is 0 Å². The Balaban J connectivity index is 2.10. The first-order chi connectivity index (χ1) is 7.72. The zero-order chi connectivity index (χ0) is 11.5. The molecule has 0 amide bonds. The van der Waals surface area contributed by atoms with Gasteiger partial charge in [0.1, 0.15) is 0 Å². The van der Waals surface area contributed by atoms with Crippen molar-refractivity contribution in [1.29, 1.82) is 0 Å². The third-order valence-electron chi connectivity index (χ3n) is 2.77. The van der Waals surface area contributed by atoms with E-state index in [9.17, 15) is 0 Å². The molecule has 16 heavy (non-hydrogen) atoms. The summed E-state index contributed by atoms with van der Waals surface area (Å²) in [5.74, 6) is 0.874. The fourth-order valence-corrected chi connectivity index (χ4v) is 1.81. The third-order valence-corrected chi connectivity index (χ3v) is 2.77. The lowest BCUT2D eigenvalue weighted by atomic mass is 10.3. The minimum absolute atomic E-state index is 0.747. The predicted octanol–water partition coefficient (Wildman–Crippen LogP) is 0.224. The maximum absolute atomic E-state index is 6.03. The highest BCUT2D eigenvalue weighted by molar-refractivity contribution is 5.64. The average molecular weight is 225 g/mol. The van der Waals surface area contributed by atoms with Gasteiger partial charge < -0.3 is 15.9 Å². The van der Waals surface area contributed by atoms with Crippen molar-refractivity contribution in [1.82, 2.24) is 14.8 Å². The Morgan fingerprint density at radius 2 is 2.12 bits per heavy atom. The highest BCUT2D eigenvalue weighted by atomic mass is 16.5. The van der Waals surface area contributed by atoms with E-state index < -0.39 is 0 Å². The Labute approximate surface area is 95.3 Å². The second-order valence-electron chi connectivity index (χ2n) is 3.90. The van der Waals surface area contributed by atoms with Gasteiger partial charge >= 0.3 is 0 Å². The van der Waals surface area contributed by atoms with E-state index >= 15 is 0 Å². The van der Waals surface area contributed by atoms with Gasteiger partial charge in [0, 0.05) is 20.1 Å². The van der Waals surface area contributed by atoms with Crippen molar-refractivity contribution in [3.05, 3.63) is 5.69 Å². The molecule has 0 aromatic carbocycles. The van der Waals surface area contributed by atoms with Crippen LogP contribution in [0.2, 0.25) is 0 Å². The normalized spacial score (nSPS) is 17.6. The molecule has 0 unspecified atom stereocenters. The number of hydrazine groups is 1. The van der Waals surface area contributed by atoms with E-state index in [0.717, 1.165) is 49.9 Å². The van der Waals surface area contributed by atoms with Gasteiger partial charge in [-0.1, -0.05) is 6.92 Å². The SMILES string of the molecule is CCc1nn(C)c(NN2CCOCC2)c1N. The van der Waals surface area contributed by atoms with Crippen molar-refractivity contribution in [3.63, 3.8) is 0 Å². The van der Waals surface area contributed by atoms with E-state index in [0.29, 0.717) is 0 Å². The highest BCUT2D eigenvalue weighted by Crippen LogP contribution is 2.22. The lowest BCUT2D eigenvalue weighted by Crippen LogP contribution is -2.40. The number of ether oxygens (including phenoxy) is 1. The van der Waals surface area contributed by atoms with E-state index in [1.165, 1.54) is 0 Å². The summed E-state index contributed by atoms with van der Waals surface area (Å²) in [5.41, 5.74) is 11.0. The average Bonchev–Trinajstić information content (AvgIpc) is 2.58. The molecule has 1 aromatic heterocycles. The number of aromatic nitrogens is 2. The van der Waals surface area contributed by atoms with Crippen molar-refractivity contribution >= 4 is 11.5 Å². The molecule has 0 bridgehead atoms. The molecule has 0 atom stereocenters. The first-order valence-corrected chi connectivity index (χ1v) is 5.63. The van der Waals surface area contributed by atoms with Crippen LogP contribution in [-0.2, 0) is 18.2 Å². The van der Waals surface area contributed by atoms with Crippen LogP contribution in [0.5, 0.6) is 0 Å². The molecule has 1 aromatic rings. The summed E-state index contributed by atoms with van der Waals surface area (Å²) < 4.78 is 7.08. The smallest absolute Gasteiger partial charge is 0.162 e. The number of nitrogens with two attached hydrogens (primary N) is 1. The number of nitrogen functional groups attached to an aromatic ring is 1. The summed E-state index contributed by atoms with van der Waals surface area (Å²) in [7, 11) is 1.90. The topological polar surface area (TPSA) is 68.3 Å². The van der Waals surface area contributed by atoms with Crippen LogP contribution in [0.25, 0.3) is 0 Å². The molecular formula is C10H19N5O. The van der Waals surface area contributed by atoms with Gasteiger partial charge in [-0.2, -0.15) is 5.10 Å². The van der Waals surface area contributed by atoms with Crippen molar-refractivity contribution in [2.24, 2.45) is 7.05 Å². The molecule has 1 saturated heterocycles. The second kappa shape index (κ2) is 4.71. The van der Waals surface area contributed by atoms with E-state index in [1.807, 2.05) is 7.05 Å². The number of nitrogens with zero attached hydrogens (tertiary/aromatic N) is 3. The summed E-state index contributed by atoms with van der Waals surface area (Å²) >= 11 is 0. The first-order valence-electron chi connectivity index (χ1n) is 5.63. The minimum atomic E-state index is 0.747. The summed E-state index contributed by atoms with van der Waals surface area (Å²) in [6.45, 7) is 5.30. The van der Waals surface area contributed by atoms with E-state index in [4.69, 9.17) is 10.5 Å². The largest absolute Gasteiger partial charge is 0.394 e. The van der Waals surface area contributed by atoms with E-state index in [1.54, 1.807) is 4.68 Å². The Morgan fingerprint density at radius 3 is 2.69 bits per heavy atom. The maximum Gasteiger partial charge on any atom is 0.162 e. The van der Waals surface area contributed by atoms with Crippen LogP contribution >= 0.6 is 0 Å². The van der Waals surface area contributed by atoms with Gasteiger partial charge in [0.15, 0.2) is 5.82 Å². The predicted molar refractivity (Wildman–Crippen MR) is 63.0 cm³/mol. The number of nitrogens with one attached hydrogen (secondary N) is 1. The molecule has 1 aliphatic heterocycles. The van der Waals surface area contributed by atoms with Crippen LogP contribution in [0.3, 0.4) is 0 Å². The monoisotopic (exact) mass is 225 g/mol. The molecule has 6 nitrogen and oxygen atoms in total. The van der Waals surface area contributed by atoms with Crippen LogP contribution in [0.1, 0.15) is 12.6 Å². The quantitative estimate of drug-likeness (QED) is 0.770. The Morgan fingerprint density at radius 1 is 1.44 bits per heavy atom. The number of aryl methyl sites for hydroxylation is 2. The zero-order valence-corrected chi connectivity index (χ0v) is 9.86. The van der Waals surface area contributed by atoms with Gasteiger partial charge in [0.05, 0.1) is 24.6 Å². The number of rotatable bonds is 3. The van der Waals surface area contributed by atoms with Crippen LogP contribution < -0.4 is 11.2 Å². The molecular weight excluding hydrogens is 206 g/mol. The van der Waals surface area contributed by atoms with Crippen LogP contribution in [0.15, 0.2) is 0 Å². The second-order valence-corrected chi connectivity index (χ2v) is 3.90. The third kappa shape index (κ3) is 2.12. The summed E-state index contributed by atoms with van der Waals surface area (Å²) in [6.07, 6.45) is 0.852. The molecule has 0 aliphatic carbocycles. The molecule has 90 valence electrons. The van der Waals surface area contributed by atoms with E-state index in [2.05, 4.69) is 22.5 Å². The highest BCUT2D eigenvalue weighted by Gasteiger charge is 2.16. The first kappa shape index (κ1) is 11.2. The molecule has 0 saturated carbocycles. The van der Waals surface area contributed by atoms with Crippen LogP contribution in [0.4, 0.5) is 11.5 Å². The van der Waals surface area contributed by atoms with Gasteiger partial charge in [0.25, 0.3) is 0 Å². The number of hydrogen-bond acceptors (Lipinski definition) is 5. The van der Waals surface area contributed by atoms with Crippen molar-refractivity contribution in [3.8, 4) is 0 Å². The lowest BCUT2D eigenvalue weighted by Gasteiger charge is -2.27. The molecule has 2 heterocycles. The van der Waals surface area contributed by atoms with Gasteiger partial charge in [0.2, 0.25) is 0 Å². The van der Waals surface area contributed by atoms with Crippen LogP contribution in [-0.4, -0.2) is 41.1 Å². The molecule has 3 N–H and O–H groups in total. The maximum atomic E-state index is 6.03. The molecule has 0 spiro atoms. The Bertz CT molecular complexity index is 356. The molecule has 6 heteroatoms. The molecule has 0 radical (unpaired) electrons. The van der Waals surface area contributed by atoms with Gasteiger partial charge in [-0.25, -0.2) is 9.69 Å². The van der Waals surface area contributed by atoms with Crippen molar-refractivity contribution < 1.29 is 4.74 Å². The lowest BCUT2D eigenvalue weighted by molar-refractivity contribution is 0.0493. The number of morpholine rings is 1. The fourth-order valence-electron chi connectivity index (χ4n) is 1.81. The summed E-state index contributed by atoms with van der Waals surface area (Å²) in [5, 5.41) is 6.47. The Kier molecular flexibility index (Phi) is 3.31. The molecule has 1 aliphatic rings. The minimum Gasteiger partial charge on any atom is -0.394 e. The molecule has 2 rings (SSSR count). The van der Waals surface area contributed by atoms with Crippen LogP contribution in [0, 0.1) is 0 Å². The summed E-state index contributed by atoms with van der Waals surface area (Å²) in [6, 6.07) is 0. The van der Waals surface area contributed by atoms with Crippen molar-refractivity contribution in [2.75, 3.05) is 37.5 Å². The Hall–Kier alpha value is -1.27. The molecule has 1 fully saturated rings. The van der Waals surface area contributed by atoms with E-state index in [-0.39, 0.29) is 0 Å². The fraction of sp³-hybridized carbons (Fsp3) is 0.700.